The molecule has 364 valence electrons. The quantitative estimate of drug-likeness (QED) is 0.0233. The molecule has 0 aromatic rings. The summed E-state index contributed by atoms with van der Waals surface area (Å²) in [6.45, 7) is 2.30. The largest absolute Gasteiger partial charge is 0.472 e. The Morgan fingerprint density at radius 1 is 0.500 bits per heavy atom. The second-order valence-electron chi connectivity index (χ2n) is 17.2. The molecule has 0 aliphatic carbocycles. The lowest BCUT2D eigenvalue weighted by Gasteiger charge is -2.20. The Hall–Kier alpha value is -1.81. The number of aliphatic hydroxyl groups excluding tert-OH is 2. The molecule has 0 rings (SSSR count). The van der Waals surface area contributed by atoms with Crippen molar-refractivity contribution < 1.29 is 47.8 Å². The summed E-state index contributed by atoms with van der Waals surface area (Å²) in [5, 5.41) is 18.4. The molecule has 0 saturated carbocycles. The van der Waals surface area contributed by atoms with Gasteiger partial charge in [0, 0.05) is 12.8 Å². The molecule has 3 N–H and O–H groups in total. The summed E-state index contributed by atoms with van der Waals surface area (Å²) in [6, 6.07) is 0. The summed E-state index contributed by atoms with van der Waals surface area (Å²) in [6.07, 6.45) is 51.2. The Labute approximate surface area is 380 Å². The van der Waals surface area contributed by atoms with E-state index < -0.39 is 51.8 Å². The Bertz CT molecular complexity index is 1130. The molecule has 0 aliphatic heterocycles. The number of allylic oxidation sites excluding steroid dienone is 6. The van der Waals surface area contributed by atoms with Crippen molar-refractivity contribution in [3.63, 3.8) is 0 Å². The van der Waals surface area contributed by atoms with Gasteiger partial charge in [0.2, 0.25) is 0 Å². The van der Waals surface area contributed by atoms with Crippen molar-refractivity contribution in [1.82, 2.24) is 0 Å². The molecule has 0 aromatic heterocycles. The van der Waals surface area contributed by atoms with E-state index in [9.17, 15) is 24.2 Å². The van der Waals surface area contributed by atoms with E-state index in [2.05, 4.69) is 50.3 Å². The molecule has 10 nitrogen and oxygen atoms in total. The molecule has 0 spiro atoms. The first-order chi connectivity index (χ1) is 30.2. The lowest BCUT2D eigenvalue weighted by atomic mass is 10.0. The van der Waals surface area contributed by atoms with Gasteiger partial charge in [-0.3, -0.25) is 18.6 Å². The number of aliphatic hydroxyl groups is 2. The summed E-state index contributed by atoms with van der Waals surface area (Å²) < 4.78 is 32.9. The maximum atomic E-state index is 12.7. The summed E-state index contributed by atoms with van der Waals surface area (Å²) in [4.78, 5) is 35.2. The monoisotopic (exact) mass is 899 g/mol. The van der Waals surface area contributed by atoms with E-state index in [0.717, 1.165) is 70.6 Å². The maximum Gasteiger partial charge on any atom is 0.472 e. The molecule has 0 aliphatic rings. The molecular formula is C51H95O10P. The van der Waals surface area contributed by atoms with E-state index >= 15 is 0 Å². The van der Waals surface area contributed by atoms with E-state index in [1.54, 1.807) is 0 Å². The number of phosphoric ester groups is 1. The second-order valence-corrected chi connectivity index (χ2v) is 18.6. The molecular weight excluding hydrogens is 804 g/mol. The number of hydrogen-bond acceptors (Lipinski definition) is 9. The van der Waals surface area contributed by atoms with Crippen LogP contribution in [-0.4, -0.2) is 65.7 Å². The highest BCUT2D eigenvalue weighted by Crippen LogP contribution is 2.43. The standard InChI is InChI=1S/C51H95O10P/c1-3-5-7-9-11-13-15-17-19-21-22-23-24-25-27-28-30-32-34-36-38-40-42-50(54)58-46-49(47-60-62(56,57)59-45-48(53)44-52)61-51(55)43-41-39-37-35-33-31-29-26-20-18-16-14-12-10-8-6-4-2/h6,8,12,14,18,20,48-49,52-53H,3-5,7,9-11,13,15-17,19,21-47H2,1-2H3,(H,56,57)/b8-6-,14-12-,20-18-. The van der Waals surface area contributed by atoms with Gasteiger partial charge in [-0.15, -0.1) is 0 Å². The number of carbonyl (C=O) groups is 2. The highest BCUT2D eigenvalue weighted by Gasteiger charge is 2.27. The number of carbonyl (C=O) groups excluding carboxylic acids is 2. The van der Waals surface area contributed by atoms with Crippen LogP contribution in [0.4, 0.5) is 0 Å². The minimum atomic E-state index is -4.62. The second kappa shape index (κ2) is 47.2. The Morgan fingerprint density at radius 2 is 0.887 bits per heavy atom. The van der Waals surface area contributed by atoms with Crippen molar-refractivity contribution in [2.75, 3.05) is 26.4 Å². The highest BCUT2D eigenvalue weighted by molar-refractivity contribution is 7.47. The molecule has 0 bridgehead atoms. The summed E-state index contributed by atoms with van der Waals surface area (Å²) >= 11 is 0. The van der Waals surface area contributed by atoms with Crippen LogP contribution in [0.3, 0.4) is 0 Å². The third-order valence-electron chi connectivity index (χ3n) is 11.1. The molecule has 0 amide bonds. The van der Waals surface area contributed by atoms with Crippen LogP contribution in [-0.2, 0) is 32.7 Å². The van der Waals surface area contributed by atoms with Crippen LogP contribution < -0.4 is 0 Å². The number of unbranched alkanes of at least 4 members (excludes halogenated alkanes) is 28. The predicted octanol–water partition coefficient (Wildman–Crippen LogP) is 14.3. The van der Waals surface area contributed by atoms with Crippen molar-refractivity contribution in [1.29, 1.82) is 0 Å². The SMILES string of the molecule is CC/C=C\C/C=C\C/C=C\CCCCCCCCCC(=O)OC(COC(=O)CCCCCCCCCCCCCCCCCCCCCCCC)COP(=O)(O)OCC(O)CO. The van der Waals surface area contributed by atoms with Crippen LogP contribution >= 0.6 is 7.82 Å². The summed E-state index contributed by atoms with van der Waals surface area (Å²) in [5.41, 5.74) is 0. The molecule has 62 heavy (non-hydrogen) atoms. The minimum Gasteiger partial charge on any atom is -0.462 e. The minimum absolute atomic E-state index is 0.175. The van der Waals surface area contributed by atoms with Gasteiger partial charge in [-0.1, -0.05) is 217 Å². The first kappa shape index (κ1) is 60.2. The van der Waals surface area contributed by atoms with E-state index in [1.807, 2.05) is 0 Å². The average Bonchev–Trinajstić information content (AvgIpc) is 3.26. The van der Waals surface area contributed by atoms with Gasteiger partial charge in [0.1, 0.15) is 12.7 Å². The molecule has 0 radical (unpaired) electrons. The lowest BCUT2D eigenvalue weighted by Crippen LogP contribution is -2.29. The fourth-order valence-electron chi connectivity index (χ4n) is 7.19. The summed E-state index contributed by atoms with van der Waals surface area (Å²) in [5.74, 6) is -0.925. The van der Waals surface area contributed by atoms with Crippen molar-refractivity contribution >= 4 is 19.8 Å². The van der Waals surface area contributed by atoms with E-state index in [1.165, 1.54) is 128 Å². The zero-order valence-corrected chi connectivity index (χ0v) is 40.7. The van der Waals surface area contributed by atoms with Gasteiger partial charge in [-0.25, -0.2) is 4.57 Å². The zero-order chi connectivity index (χ0) is 45.5. The normalized spacial score (nSPS) is 14.0. The van der Waals surface area contributed by atoms with Crippen molar-refractivity contribution in [2.45, 2.75) is 251 Å². The van der Waals surface area contributed by atoms with Crippen LogP contribution in [0.2, 0.25) is 0 Å². The van der Waals surface area contributed by atoms with Crippen LogP contribution in [0.1, 0.15) is 239 Å². The number of hydrogen-bond donors (Lipinski definition) is 3. The Balaban J connectivity index is 4.14. The topological polar surface area (TPSA) is 149 Å². The third-order valence-corrected chi connectivity index (χ3v) is 12.0. The van der Waals surface area contributed by atoms with Gasteiger partial charge in [0.25, 0.3) is 0 Å². The van der Waals surface area contributed by atoms with Crippen LogP contribution in [0, 0.1) is 0 Å². The number of phosphoric acid groups is 1. The van der Waals surface area contributed by atoms with E-state index in [-0.39, 0.29) is 19.4 Å². The first-order valence-corrected chi connectivity index (χ1v) is 26.9. The van der Waals surface area contributed by atoms with E-state index in [0.29, 0.717) is 12.8 Å². The first-order valence-electron chi connectivity index (χ1n) is 25.4. The van der Waals surface area contributed by atoms with Gasteiger partial charge >= 0.3 is 19.8 Å². The average molecular weight is 899 g/mol. The number of ether oxygens (including phenoxy) is 2. The smallest absolute Gasteiger partial charge is 0.462 e. The molecule has 3 unspecified atom stereocenters. The van der Waals surface area contributed by atoms with Crippen LogP contribution in [0.5, 0.6) is 0 Å². The van der Waals surface area contributed by atoms with Crippen molar-refractivity contribution in [3.05, 3.63) is 36.5 Å². The van der Waals surface area contributed by atoms with Gasteiger partial charge in [-0.05, 0) is 44.9 Å². The third kappa shape index (κ3) is 46.2. The van der Waals surface area contributed by atoms with Gasteiger partial charge in [0.15, 0.2) is 6.10 Å². The molecule has 0 fully saturated rings. The molecule has 3 atom stereocenters. The Morgan fingerprint density at radius 3 is 1.34 bits per heavy atom. The predicted molar refractivity (Wildman–Crippen MR) is 256 cm³/mol. The van der Waals surface area contributed by atoms with Gasteiger partial charge in [0.05, 0.1) is 19.8 Å². The highest BCUT2D eigenvalue weighted by atomic mass is 31.2. The van der Waals surface area contributed by atoms with Crippen molar-refractivity contribution in [3.8, 4) is 0 Å². The molecule has 11 heteroatoms. The summed E-state index contributed by atoms with van der Waals surface area (Å²) in [7, 11) is -4.62. The molecule has 0 aromatic carbocycles. The fraction of sp³-hybridized carbons (Fsp3) is 0.843. The Kier molecular flexibility index (Phi) is 45.8. The van der Waals surface area contributed by atoms with Crippen LogP contribution in [0.25, 0.3) is 0 Å². The van der Waals surface area contributed by atoms with Gasteiger partial charge in [-0.2, -0.15) is 0 Å². The van der Waals surface area contributed by atoms with Crippen molar-refractivity contribution in [2.24, 2.45) is 0 Å². The van der Waals surface area contributed by atoms with Gasteiger partial charge < -0.3 is 24.6 Å². The van der Waals surface area contributed by atoms with E-state index in [4.69, 9.17) is 23.6 Å². The van der Waals surface area contributed by atoms with Crippen LogP contribution in [0.15, 0.2) is 36.5 Å². The number of esters is 2. The molecule has 0 heterocycles. The lowest BCUT2D eigenvalue weighted by molar-refractivity contribution is -0.161. The fourth-order valence-corrected chi connectivity index (χ4v) is 7.98. The zero-order valence-electron chi connectivity index (χ0n) is 39.8. The maximum absolute atomic E-state index is 12.7. The molecule has 0 saturated heterocycles. The number of rotatable bonds is 48.